The summed E-state index contributed by atoms with van der Waals surface area (Å²) >= 11 is 0. The minimum atomic E-state index is -0.612. The number of carbonyl (C=O) groups is 3. The lowest BCUT2D eigenvalue weighted by Gasteiger charge is -2.15. The Balaban J connectivity index is 1.42. The van der Waals surface area contributed by atoms with Crippen molar-refractivity contribution < 1.29 is 33.3 Å². The van der Waals surface area contributed by atoms with E-state index in [2.05, 4.69) is 0 Å². The molecule has 0 radical (unpaired) electrons. The molecule has 0 aromatic heterocycles. The summed E-state index contributed by atoms with van der Waals surface area (Å²) in [5.74, 6) is -0.872. The summed E-state index contributed by atoms with van der Waals surface area (Å²) in [4.78, 5) is 35.6. The van der Waals surface area contributed by atoms with E-state index in [0.29, 0.717) is 39.2 Å². The zero-order chi connectivity index (χ0) is 18.1. The van der Waals surface area contributed by atoms with E-state index in [-0.39, 0.29) is 30.3 Å². The highest BCUT2D eigenvalue weighted by Gasteiger charge is 2.23. The van der Waals surface area contributed by atoms with Crippen molar-refractivity contribution in [1.82, 2.24) is 4.90 Å². The zero-order valence-electron chi connectivity index (χ0n) is 14.5. The van der Waals surface area contributed by atoms with Crippen molar-refractivity contribution in [1.29, 1.82) is 0 Å². The summed E-state index contributed by atoms with van der Waals surface area (Å²) in [6.07, 6.45) is 4.48. The van der Waals surface area contributed by atoms with Crippen LogP contribution in [0.5, 0.6) is 0 Å². The number of imide groups is 1. The molecule has 2 amide bonds. The van der Waals surface area contributed by atoms with E-state index >= 15 is 0 Å². The van der Waals surface area contributed by atoms with Crippen LogP contribution in [-0.2, 0) is 33.3 Å². The molecule has 0 aromatic carbocycles. The molecular weight excluding hydrogens is 330 g/mol. The quantitative estimate of drug-likeness (QED) is 0.158. The SMILES string of the molecule is CC(OCCOCC1CO1)OC(=O)CCCCCN1C(=O)C=CC1=O. The van der Waals surface area contributed by atoms with Crippen molar-refractivity contribution >= 4 is 17.8 Å². The predicted octanol–water partition coefficient (Wildman–Crippen LogP) is 0.793. The molecule has 0 saturated carbocycles. The third-order valence-electron chi connectivity index (χ3n) is 3.75. The molecule has 0 aromatic rings. The van der Waals surface area contributed by atoms with E-state index < -0.39 is 6.29 Å². The maximum absolute atomic E-state index is 11.7. The highest BCUT2D eigenvalue weighted by molar-refractivity contribution is 6.12. The number of hydrogen-bond acceptors (Lipinski definition) is 7. The molecule has 2 atom stereocenters. The van der Waals surface area contributed by atoms with Crippen LogP contribution in [0.15, 0.2) is 12.2 Å². The average molecular weight is 355 g/mol. The molecule has 0 spiro atoms. The summed E-state index contributed by atoms with van der Waals surface area (Å²) in [6.45, 7) is 4.17. The Bertz CT molecular complexity index is 483. The zero-order valence-corrected chi connectivity index (χ0v) is 14.5. The third kappa shape index (κ3) is 7.76. The number of unbranched alkanes of at least 4 members (excludes halogenated alkanes) is 2. The van der Waals surface area contributed by atoms with Gasteiger partial charge in [0.15, 0.2) is 6.29 Å². The van der Waals surface area contributed by atoms with Crippen LogP contribution in [0.2, 0.25) is 0 Å². The fourth-order valence-electron chi connectivity index (χ4n) is 2.30. The minimum Gasteiger partial charge on any atom is -0.436 e. The summed E-state index contributed by atoms with van der Waals surface area (Å²) in [5, 5.41) is 0. The van der Waals surface area contributed by atoms with Gasteiger partial charge in [0.2, 0.25) is 0 Å². The van der Waals surface area contributed by atoms with Crippen molar-refractivity contribution in [2.24, 2.45) is 0 Å². The maximum Gasteiger partial charge on any atom is 0.308 e. The number of carbonyl (C=O) groups excluding carboxylic acids is 3. The largest absolute Gasteiger partial charge is 0.436 e. The predicted molar refractivity (Wildman–Crippen MR) is 86.4 cm³/mol. The van der Waals surface area contributed by atoms with Crippen LogP contribution in [0.1, 0.15) is 32.6 Å². The number of rotatable bonds is 13. The maximum atomic E-state index is 11.7. The van der Waals surface area contributed by atoms with Gasteiger partial charge in [-0.25, -0.2) is 0 Å². The number of ether oxygens (including phenoxy) is 4. The first kappa shape index (κ1) is 19.6. The van der Waals surface area contributed by atoms with Gasteiger partial charge in [0.25, 0.3) is 11.8 Å². The first-order valence-corrected chi connectivity index (χ1v) is 8.60. The Labute approximate surface area is 147 Å². The molecule has 2 rings (SSSR count). The van der Waals surface area contributed by atoms with Gasteiger partial charge in [0, 0.05) is 25.1 Å². The van der Waals surface area contributed by atoms with Crippen molar-refractivity contribution in [2.45, 2.75) is 45.0 Å². The number of nitrogens with zero attached hydrogens (tertiary/aromatic N) is 1. The summed E-state index contributed by atoms with van der Waals surface area (Å²) in [6, 6.07) is 0. The number of esters is 1. The molecule has 1 fully saturated rings. The molecule has 1 saturated heterocycles. The van der Waals surface area contributed by atoms with Crippen LogP contribution in [0.3, 0.4) is 0 Å². The molecule has 2 aliphatic rings. The molecule has 0 N–H and O–H groups in total. The van der Waals surface area contributed by atoms with Crippen LogP contribution in [0.25, 0.3) is 0 Å². The highest BCUT2D eigenvalue weighted by Crippen LogP contribution is 2.09. The average Bonchev–Trinajstić information content (AvgIpc) is 3.34. The fourth-order valence-corrected chi connectivity index (χ4v) is 2.30. The van der Waals surface area contributed by atoms with Crippen molar-refractivity contribution in [2.75, 3.05) is 33.0 Å². The lowest BCUT2D eigenvalue weighted by atomic mass is 10.2. The highest BCUT2D eigenvalue weighted by atomic mass is 16.7. The Morgan fingerprint density at radius 3 is 2.64 bits per heavy atom. The van der Waals surface area contributed by atoms with E-state index in [9.17, 15) is 14.4 Å². The standard InChI is InChI=1S/C17H25NO7/c1-13(23-10-9-22-11-14-12-24-14)25-17(21)5-3-2-4-8-18-15(19)6-7-16(18)20/h6-7,13-14H,2-5,8-12H2,1H3. The normalized spacial score (nSPS) is 20.2. The molecule has 2 aliphatic heterocycles. The molecule has 8 nitrogen and oxygen atoms in total. The lowest BCUT2D eigenvalue weighted by Crippen LogP contribution is -2.30. The van der Waals surface area contributed by atoms with Crippen LogP contribution in [0, 0.1) is 0 Å². The van der Waals surface area contributed by atoms with Gasteiger partial charge in [-0.3, -0.25) is 19.3 Å². The van der Waals surface area contributed by atoms with E-state index in [0.717, 1.165) is 13.0 Å². The van der Waals surface area contributed by atoms with Crippen molar-refractivity contribution in [3.8, 4) is 0 Å². The molecule has 0 bridgehead atoms. The van der Waals surface area contributed by atoms with Crippen molar-refractivity contribution in [3.63, 3.8) is 0 Å². The van der Waals surface area contributed by atoms with Crippen LogP contribution >= 0.6 is 0 Å². The van der Waals surface area contributed by atoms with Gasteiger partial charge in [0.1, 0.15) is 6.10 Å². The van der Waals surface area contributed by atoms with E-state index in [1.807, 2.05) is 0 Å². The Morgan fingerprint density at radius 2 is 1.96 bits per heavy atom. The molecule has 0 aliphatic carbocycles. The van der Waals surface area contributed by atoms with Gasteiger partial charge in [-0.15, -0.1) is 0 Å². The number of amides is 2. The van der Waals surface area contributed by atoms with Crippen molar-refractivity contribution in [3.05, 3.63) is 12.2 Å². The van der Waals surface area contributed by atoms with Crippen LogP contribution in [0.4, 0.5) is 0 Å². The van der Waals surface area contributed by atoms with Gasteiger partial charge in [-0.1, -0.05) is 6.42 Å². The van der Waals surface area contributed by atoms with Crippen LogP contribution < -0.4 is 0 Å². The number of hydrogen-bond donors (Lipinski definition) is 0. The van der Waals surface area contributed by atoms with E-state index in [1.165, 1.54) is 17.1 Å². The Kier molecular flexibility index (Phi) is 8.03. The van der Waals surface area contributed by atoms with E-state index in [4.69, 9.17) is 18.9 Å². The van der Waals surface area contributed by atoms with Gasteiger partial charge in [0.05, 0.1) is 26.4 Å². The molecule has 2 heterocycles. The van der Waals surface area contributed by atoms with E-state index in [1.54, 1.807) is 6.92 Å². The van der Waals surface area contributed by atoms with Crippen LogP contribution in [-0.4, -0.2) is 68.0 Å². The second-order valence-corrected chi connectivity index (χ2v) is 5.93. The second-order valence-electron chi connectivity index (χ2n) is 5.93. The van der Waals surface area contributed by atoms with Gasteiger partial charge < -0.3 is 18.9 Å². The minimum absolute atomic E-state index is 0.230. The fraction of sp³-hybridized carbons (Fsp3) is 0.706. The molecule has 2 unspecified atom stereocenters. The smallest absolute Gasteiger partial charge is 0.308 e. The van der Waals surface area contributed by atoms with Gasteiger partial charge >= 0.3 is 5.97 Å². The first-order chi connectivity index (χ1) is 12.1. The molecule has 8 heteroatoms. The monoisotopic (exact) mass is 355 g/mol. The molecule has 140 valence electrons. The lowest BCUT2D eigenvalue weighted by molar-refractivity contribution is -0.177. The Morgan fingerprint density at radius 1 is 1.24 bits per heavy atom. The Hall–Kier alpha value is -1.77. The molecule has 25 heavy (non-hydrogen) atoms. The molecular formula is C17H25NO7. The topological polar surface area (TPSA) is 94.7 Å². The number of epoxide rings is 1. The second kappa shape index (κ2) is 10.3. The van der Waals surface area contributed by atoms with Gasteiger partial charge in [-0.05, 0) is 19.8 Å². The summed E-state index contributed by atoms with van der Waals surface area (Å²) < 4.78 is 20.8. The van der Waals surface area contributed by atoms with Gasteiger partial charge in [-0.2, -0.15) is 0 Å². The summed E-state index contributed by atoms with van der Waals surface area (Å²) in [5.41, 5.74) is 0. The summed E-state index contributed by atoms with van der Waals surface area (Å²) in [7, 11) is 0. The first-order valence-electron chi connectivity index (χ1n) is 8.60. The third-order valence-corrected chi connectivity index (χ3v) is 3.75.